The van der Waals surface area contributed by atoms with Crippen molar-refractivity contribution in [3.8, 4) is 5.75 Å². The van der Waals surface area contributed by atoms with Crippen molar-refractivity contribution in [2.24, 2.45) is 0 Å². The lowest BCUT2D eigenvalue weighted by Gasteiger charge is -2.25. The number of benzene rings is 2. The first-order chi connectivity index (χ1) is 13.5. The number of likely N-dealkylation sites (N-methyl/N-ethyl adjacent to an activating group) is 1. The van der Waals surface area contributed by atoms with Gasteiger partial charge in [-0.3, -0.25) is 0 Å². The van der Waals surface area contributed by atoms with E-state index in [0.717, 1.165) is 32.5 Å². The molecule has 150 valence electrons. The van der Waals surface area contributed by atoms with Crippen molar-refractivity contribution in [2.45, 2.75) is 41.5 Å². The number of rotatable bonds is 4. The van der Waals surface area contributed by atoms with E-state index in [-0.39, 0.29) is 4.90 Å². The molecule has 1 fully saturated rings. The minimum absolute atomic E-state index is 0.271. The fourth-order valence-corrected chi connectivity index (χ4v) is 6.02. The van der Waals surface area contributed by atoms with Crippen LogP contribution >= 0.6 is 0 Å². The molecule has 0 saturated carbocycles. The number of methoxy groups -OCH3 is 1. The lowest BCUT2D eigenvalue weighted by atomic mass is 9.91. The van der Waals surface area contributed by atoms with Gasteiger partial charge in [0.15, 0.2) is 0 Å². The molecule has 28 heavy (non-hydrogen) atoms. The maximum atomic E-state index is 13.2. The van der Waals surface area contributed by atoms with E-state index in [2.05, 4.69) is 23.8 Å². The van der Waals surface area contributed by atoms with Gasteiger partial charge in [0, 0.05) is 31.2 Å². The molecule has 2 aliphatic heterocycles. The van der Waals surface area contributed by atoms with Crippen molar-refractivity contribution in [1.29, 1.82) is 0 Å². The van der Waals surface area contributed by atoms with Gasteiger partial charge in [0.05, 0.1) is 16.9 Å². The smallest absolute Gasteiger partial charge is 0.206 e. The third-order valence-corrected chi connectivity index (χ3v) is 8.10. The Bertz CT molecular complexity index is 973. The van der Waals surface area contributed by atoms with E-state index >= 15 is 0 Å². The van der Waals surface area contributed by atoms with Crippen LogP contribution in [0.15, 0.2) is 52.3 Å². The highest BCUT2D eigenvalue weighted by Crippen LogP contribution is 2.45. The van der Waals surface area contributed by atoms with Gasteiger partial charge in [-0.25, -0.2) is 8.42 Å². The van der Waals surface area contributed by atoms with E-state index in [0.29, 0.717) is 22.6 Å². The lowest BCUT2D eigenvalue weighted by Crippen LogP contribution is -2.31. The summed E-state index contributed by atoms with van der Waals surface area (Å²) < 4.78 is 31.7. The first kappa shape index (κ1) is 19.3. The Kier molecular flexibility index (Phi) is 5.10. The standard InChI is InChI=1S/C22H28N2O3S/c1-4-24-12-10-19-20-15-18(8-9-21(20)23(2)22(19)11-13-24)28(25,26)17-7-5-6-16(14-17)27-3/h5-9,14-15,19,22H,4,10-13H2,1-3H3/t19-,22-/m0/s1. The highest BCUT2D eigenvalue weighted by atomic mass is 32.2. The highest BCUT2D eigenvalue weighted by molar-refractivity contribution is 7.91. The number of fused-ring (bicyclic) bond motifs is 3. The molecule has 4 rings (SSSR count). The third-order valence-electron chi connectivity index (χ3n) is 6.35. The van der Waals surface area contributed by atoms with Gasteiger partial charge in [-0.15, -0.1) is 0 Å². The largest absolute Gasteiger partial charge is 0.497 e. The molecule has 0 unspecified atom stereocenters. The molecule has 5 nitrogen and oxygen atoms in total. The zero-order chi connectivity index (χ0) is 19.9. The second-order valence-corrected chi connectivity index (χ2v) is 9.65. The predicted molar refractivity (Wildman–Crippen MR) is 111 cm³/mol. The fraction of sp³-hybridized carbons (Fsp3) is 0.455. The quantitative estimate of drug-likeness (QED) is 0.786. The van der Waals surface area contributed by atoms with Crippen molar-refractivity contribution >= 4 is 15.5 Å². The maximum absolute atomic E-state index is 13.2. The summed E-state index contributed by atoms with van der Waals surface area (Å²) in [6, 6.07) is 12.8. The van der Waals surface area contributed by atoms with Gasteiger partial charge in [0.1, 0.15) is 5.75 Å². The Balaban J connectivity index is 1.72. The normalized spacial score (nSPS) is 22.5. The second kappa shape index (κ2) is 7.41. The molecule has 1 saturated heterocycles. The summed E-state index contributed by atoms with van der Waals surface area (Å²) >= 11 is 0. The maximum Gasteiger partial charge on any atom is 0.206 e. The van der Waals surface area contributed by atoms with Gasteiger partial charge in [0.2, 0.25) is 9.84 Å². The van der Waals surface area contributed by atoms with Crippen LogP contribution in [0.2, 0.25) is 0 Å². The molecular weight excluding hydrogens is 372 g/mol. The summed E-state index contributed by atoms with van der Waals surface area (Å²) in [6.07, 6.45) is 2.18. The van der Waals surface area contributed by atoms with Gasteiger partial charge < -0.3 is 14.5 Å². The van der Waals surface area contributed by atoms with E-state index in [1.807, 2.05) is 12.1 Å². The molecule has 0 bridgehead atoms. The topological polar surface area (TPSA) is 49.9 Å². The van der Waals surface area contributed by atoms with Crippen LogP contribution in [0, 0.1) is 0 Å². The van der Waals surface area contributed by atoms with Gasteiger partial charge >= 0.3 is 0 Å². The molecule has 2 heterocycles. The molecule has 2 aromatic rings. The van der Waals surface area contributed by atoms with Crippen LogP contribution in [0.5, 0.6) is 5.75 Å². The Morgan fingerprint density at radius 2 is 1.82 bits per heavy atom. The summed E-state index contributed by atoms with van der Waals surface area (Å²) in [7, 11) is 0.103. The number of sulfone groups is 1. The summed E-state index contributed by atoms with van der Waals surface area (Å²) in [6.45, 7) is 5.45. The van der Waals surface area contributed by atoms with Crippen molar-refractivity contribution in [1.82, 2.24) is 4.90 Å². The zero-order valence-corrected chi connectivity index (χ0v) is 17.6. The number of likely N-dealkylation sites (tertiary alicyclic amines) is 1. The van der Waals surface area contributed by atoms with Gasteiger partial charge in [-0.1, -0.05) is 13.0 Å². The molecule has 0 amide bonds. The molecular formula is C22H28N2O3S. The van der Waals surface area contributed by atoms with Crippen LogP contribution in [0.25, 0.3) is 0 Å². The van der Waals surface area contributed by atoms with Crippen LogP contribution in [0.3, 0.4) is 0 Å². The van der Waals surface area contributed by atoms with Crippen LogP contribution in [0.1, 0.15) is 31.2 Å². The Labute approximate surface area is 167 Å². The van der Waals surface area contributed by atoms with Gasteiger partial charge in [-0.05, 0) is 67.9 Å². The predicted octanol–water partition coefficient (Wildman–Crippen LogP) is 3.55. The van der Waals surface area contributed by atoms with Gasteiger partial charge in [-0.2, -0.15) is 0 Å². The molecule has 0 aromatic heterocycles. The number of hydrogen-bond acceptors (Lipinski definition) is 5. The lowest BCUT2D eigenvalue weighted by molar-refractivity contribution is 0.298. The average Bonchev–Trinajstić information content (AvgIpc) is 2.86. The molecule has 0 spiro atoms. The van der Waals surface area contributed by atoms with E-state index in [4.69, 9.17) is 4.74 Å². The fourth-order valence-electron chi connectivity index (χ4n) is 4.69. The SMILES string of the molecule is CCN1CC[C@H]2c3cc(S(=O)(=O)c4cccc(OC)c4)ccc3N(C)[C@H]2CC1. The summed E-state index contributed by atoms with van der Waals surface area (Å²) in [5.41, 5.74) is 2.35. The van der Waals surface area contributed by atoms with E-state index in [1.54, 1.807) is 37.4 Å². The molecule has 2 atom stereocenters. The Morgan fingerprint density at radius 1 is 1.07 bits per heavy atom. The first-order valence-electron chi connectivity index (χ1n) is 9.94. The summed E-state index contributed by atoms with van der Waals surface area (Å²) in [4.78, 5) is 5.47. The summed E-state index contributed by atoms with van der Waals surface area (Å²) in [5, 5.41) is 0. The first-order valence-corrected chi connectivity index (χ1v) is 11.4. The van der Waals surface area contributed by atoms with Gasteiger partial charge in [0.25, 0.3) is 0 Å². The van der Waals surface area contributed by atoms with E-state index in [1.165, 1.54) is 11.3 Å². The van der Waals surface area contributed by atoms with Crippen molar-refractivity contribution in [2.75, 3.05) is 38.7 Å². The van der Waals surface area contributed by atoms with Crippen LogP contribution in [0.4, 0.5) is 5.69 Å². The third kappa shape index (κ3) is 3.18. The van der Waals surface area contributed by atoms with Crippen molar-refractivity contribution in [3.05, 3.63) is 48.0 Å². The number of ether oxygens (including phenoxy) is 1. The molecule has 0 aliphatic carbocycles. The zero-order valence-electron chi connectivity index (χ0n) is 16.8. The second-order valence-electron chi connectivity index (χ2n) is 7.70. The molecule has 6 heteroatoms. The minimum atomic E-state index is -3.58. The van der Waals surface area contributed by atoms with Crippen LogP contribution in [-0.2, 0) is 9.84 Å². The highest BCUT2D eigenvalue weighted by Gasteiger charge is 2.38. The molecule has 0 radical (unpaired) electrons. The van der Waals surface area contributed by atoms with E-state index in [9.17, 15) is 8.42 Å². The monoisotopic (exact) mass is 400 g/mol. The molecule has 2 aromatic carbocycles. The minimum Gasteiger partial charge on any atom is -0.497 e. The Hall–Kier alpha value is -2.05. The van der Waals surface area contributed by atoms with Crippen LogP contribution < -0.4 is 9.64 Å². The summed E-state index contributed by atoms with van der Waals surface area (Å²) in [5.74, 6) is 0.933. The molecule has 2 aliphatic rings. The number of nitrogens with zero attached hydrogens (tertiary/aromatic N) is 2. The average molecular weight is 401 g/mol. The van der Waals surface area contributed by atoms with Crippen molar-refractivity contribution in [3.63, 3.8) is 0 Å². The Morgan fingerprint density at radius 3 is 2.57 bits per heavy atom. The van der Waals surface area contributed by atoms with Crippen molar-refractivity contribution < 1.29 is 13.2 Å². The molecule has 0 N–H and O–H groups in total. The number of anilines is 1. The number of hydrogen-bond donors (Lipinski definition) is 0. The van der Waals surface area contributed by atoms with E-state index < -0.39 is 9.84 Å². The van der Waals surface area contributed by atoms with Crippen LogP contribution in [-0.4, -0.2) is 53.2 Å².